The molecular formula is C19H29N3O3S. The van der Waals surface area contributed by atoms with Crippen molar-refractivity contribution in [3.63, 3.8) is 0 Å². The van der Waals surface area contributed by atoms with Crippen molar-refractivity contribution < 1.29 is 13.2 Å². The summed E-state index contributed by atoms with van der Waals surface area (Å²) in [5.41, 5.74) is 1.22. The van der Waals surface area contributed by atoms with Crippen LogP contribution in [0.3, 0.4) is 0 Å². The Hall–Kier alpha value is -1.60. The fraction of sp³-hybridized carbons (Fsp3) is 0.632. The molecule has 144 valence electrons. The standard InChI is InChI=1S/C19H29N3O3S/c23-19(22-12-14-26(24,25)15-13-22)20-16-18(17-8-4-3-5-9-17)21-10-6-1-2-7-11-21/h3-5,8-9,18H,1-2,6-7,10-16H2,(H,20,23). The molecule has 1 unspecified atom stereocenters. The summed E-state index contributed by atoms with van der Waals surface area (Å²) >= 11 is 0. The van der Waals surface area contributed by atoms with Crippen LogP contribution in [-0.4, -0.2) is 68.5 Å². The van der Waals surface area contributed by atoms with Gasteiger partial charge in [0.05, 0.1) is 17.5 Å². The summed E-state index contributed by atoms with van der Waals surface area (Å²) in [6.07, 6.45) is 4.93. The summed E-state index contributed by atoms with van der Waals surface area (Å²) < 4.78 is 23.1. The first-order valence-electron chi connectivity index (χ1n) is 9.57. The van der Waals surface area contributed by atoms with E-state index in [4.69, 9.17) is 0 Å². The van der Waals surface area contributed by atoms with E-state index in [1.807, 2.05) is 18.2 Å². The molecule has 0 bridgehead atoms. The van der Waals surface area contributed by atoms with Crippen LogP contribution in [0, 0.1) is 0 Å². The SMILES string of the molecule is O=C(NCC(c1ccccc1)N1CCCCCC1)N1CCS(=O)(=O)CC1. The molecular weight excluding hydrogens is 350 g/mol. The van der Waals surface area contributed by atoms with Gasteiger partial charge < -0.3 is 10.2 Å². The highest BCUT2D eigenvalue weighted by Crippen LogP contribution is 2.23. The van der Waals surface area contributed by atoms with Gasteiger partial charge in [0.1, 0.15) is 0 Å². The molecule has 3 rings (SSSR count). The maximum Gasteiger partial charge on any atom is 0.317 e. The van der Waals surface area contributed by atoms with E-state index >= 15 is 0 Å². The summed E-state index contributed by atoms with van der Waals surface area (Å²) in [6, 6.07) is 10.3. The van der Waals surface area contributed by atoms with Crippen molar-refractivity contribution in [2.45, 2.75) is 31.7 Å². The number of sulfone groups is 1. The molecule has 1 N–H and O–H groups in total. The number of benzene rings is 1. The fourth-order valence-corrected chi connectivity index (χ4v) is 4.95. The van der Waals surface area contributed by atoms with Crippen molar-refractivity contribution in [3.8, 4) is 0 Å². The van der Waals surface area contributed by atoms with Gasteiger partial charge in [0.15, 0.2) is 9.84 Å². The summed E-state index contributed by atoms with van der Waals surface area (Å²) in [4.78, 5) is 16.6. The quantitative estimate of drug-likeness (QED) is 0.869. The maximum atomic E-state index is 12.5. The van der Waals surface area contributed by atoms with Gasteiger partial charge in [-0.3, -0.25) is 4.90 Å². The van der Waals surface area contributed by atoms with Gasteiger partial charge in [0.25, 0.3) is 0 Å². The van der Waals surface area contributed by atoms with Crippen LogP contribution in [0.15, 0.2) is 30.3 Å². The summed E-state index contributed by atoms with van der Waals surface area (Å²) in [6.45, 7) is 3.22. The number of urea groups is 1. The molecule has 2 aliphatic rings. The maximum absolute atomic E-state index is 12.5. The van der Waals surface area contributed by atoms with Crippen LogP contribution in [0.2, 0.25) is 0 Å². The molecule has 2 heterocycles. The van der Waals surface area contributed by atoms with E-state index in [-0.39, 0.29) is 36.7 Å². The Labute approximate surface area is 156 Å². The summed E-state index contributed by atoms with van der Waals surface area (Å²) in [5.74, 6) is 0.128. The highest BCUT2D eigenvalue weighted by atomic mass is 32.2. The molecule has 2 amide bonds. The third kappa shape index (κ3) is 5.20. The van der Waals surface area contributed by atoms with Gasteiger partial charge in [-0.05, 0) is 31.5 Å². The lowest BCUT2D eigenvalue weighted by Gasteiger charge is -2.33. The fourth-order valence-electron chi connectivity index (χ4n) is 3.75. The van der Waals surface area contributed by atoms with Gasteiger partial charge in [-0.1, -0.05) is 43.2 Å². The number of carbonyl (C=O) groups excluding carboxylic acids is 1. The Morgan fingerprint density at radius 1 is 0.962 bits per heavy atom. The van der Waals surface area contributed by atoms with Gasteiger partial charge >= 0.3 is 6.03 Å². The molecule has 1 aromatic rings. The van der Waals surface area contributed by atoms with Gasteiger partial charge in [-0.2, -0.15) is 0 Å². The van der Waals surface area contributed by atoms with Crippen molar-refractivity contribution in [3.05, 3.63) is 35.9 Å². The molecule has 2 fully saturated rings. The Kier molecular flexibility index (Phi) is 6.53. The Morgan fingerprint density at radius 2 is 1.58 bits per heavy atom. The second-order valence-electron chi connectivity index (χ2n) is 7.20. The Morgan fingerprint density at radius 3 is 2.19 bits per heavy atom. The van der Waals surface area contributed by atoms with E-state index in [2.05, 4.69) is 22.3 Å². The van der Waals surface area contributed by atoms with Crippen molar-refractivity contribution in [1.82, 2.24) is 15.1 Å². The first-order valence-corrected chi connectivity index (χ1v) is 11.4. The number of amides is 2. The van der Waals surface area contributed by atoms with Crippen LogP contribution in [0.25, 0.3) is 0 Å². The minimum absolute atomic E-state index is 0.0641. The van der Waals surface area contributed by atoms with E-state index in [0.29, 0.717) is 6.54 Å². The smallest absolute Gasteiger partial charge is 0.317 e. The third-order valence-electron chi connectivity index (χ3n) is 5.34. The zero-order chi connectivity index (χ0) is 18.4. The molecule has 6 nitrogen and oxygen atoms in total. The van der Waals surface area contributed by atoms with Crippen LogP contribution in [-0.2, 0) is 9.84 Å². The van der Waals surface area contributed by atoms with E-state index < -0.39 is 9.84 Å². The largest absolute Gasteiger partial charge is 0.336 e. The van der Waals surface area contributed by atoms with Crippen molar-refractivity contribution >= 4 is 15.9 Å². The number of nitrogens with one attached hydrogen (secondary N) is 1. The second-order valence-corrected chi connectivity index (χ2v) is 9.51. The lowest BCUT2D eigenvalue weighted by molar-refractivity contribution is 0.180. The first-order chi connectivity index (χ1) is 12.6. The number of carbonyl (C=O) groups is 1. The van der Waals surface area contributed by atoms with E-state index in [9.17, 15) is 13.2 Å². The van der Waals surface area contributed by atoms with Crippen LogP contribution >= 0.6 is 0 Å². The number of nitrogens with zero attached hydrogens (tertiary/aromatic N) is 2. The second kappa shape index (κ2) is 8.86. The van der Waals surface area contributed by atoms with Crippen molar-refractivity contribution in [2.75, 3.05) is 44.2 Å². The lowest BCUT2D eigenvalue weighted by Crippen LogP contribution is -2.50. The van der Waals surface area contributed by atoms with E-state index in [1.165, 1.54) is 31.2 Å². The summed E-state index contributed by atoms with van der Waals surface area (Å²) in [7, 11) is -2.97. The number of hydrogen-bond donors (Lipinski definition) is 1. The predicted octanol–water partition coefficient (Wildman–Crippen LogP) is 2.04. The molecule has 2 aliphatic heterocycles. The minimum atomic E-state index is -2.97. The van der Waals surface area contributed by atoms with Crippen molar-refractivity contribution in [2.24, 2.45) is 0 Å². The lowest BCUT2D eigenvalue weighted by atomic mass is 10.0. The number of rotatable bonds is 4. The van der Waals surface area contributed by atoms with Crippen LogP contribution in [0.4, 0.5) is 4.79 Å². The predicted molar refractivity (Wildman–Crippen MR) is 103 cm³/mol. The topological polar surface area (TPSA) is 69.7 Å². The van der Waals surface area contributed by atoms with Crippen molar-refractivity contribution in [1.29, 1.82) is 0 Å². The molecule has 26 heavy (non-hydrogen) atoms. The van der Waals surface area contributed by atoms with E-state index in [1.54, 1.807) is 4.90 Å². The van der Waals surface area contributed by atoms with Gasteiger partial charge in [0, 0.05) is 19.6 Å². The molecule has 0 saturated carbocycles. The normalized spacial score (nSPS) is 22.4. The molecule has 1 atom stereocenters. The molecule has 2 saturated heterocycles. The van der Waals surface area contributed by atoms with Gasteiger partial charge in [0.2, 0.25) is 0 Å². The monoisotopic (exact) mass is 379 g/mol. The molecule has 0 radical (unpaired) electrons. The molecule has 0 spiro atoms. The average molecular weight is 380 g/mol. The average Bonchev–Trinajstić information content (AvgIpc) is 2.92. The first kappa shape index (κ1) is 19.2. The van der Waals surface area contributed by atoms with Crippen LogP contribution in [0.5, 0.6) is 0 Å². The number of hydrogen-bond acceptors (Lipinski definition) is 4. The molecule has 0 aliphatic carbocycles. The zero-order valence-corrected chi connectivity index (χ0v) is 16.1. The van der Waals surface area contributed by atoms with Crippen LogP contribution in [0.1, 0.15) is 37.3 Å². The Balaban J connectivity index is 1.63. The molecule has 7 heteroatoms. The van der Waals surface area contributed by atoms with Gasteiger partial charge in [-0.25, -0.2) is 13.2 Å². The molecule has 1 aromatic carbocycles. The Bertz CT molecular complexity index is 671. The highest BCUT2D eigenvalue weighted by molar-refractivity contribution is 7.91. The van der Waals surface area contributed by atoms with E-state index in [0.717, 1.165) is 13.1 Å². The third-order valence-corrected chi connectivity index (χ3v) is 6.95. The number of likely N-dealkylation sites (tertiary alicyclic amines) is 1. The zero-order valence-electron chi connectivity index (χ0n) is 15.3. The minimum Gasteiger partial charge on any atom is -0.336 e. The summed E-state index contributed by atoms with van der Waals surface area (Å²) in [5, 5.41) is 3.05. The van der Waals surface area contributed by atoms with Crippen LogP contribution < -0.4 is 5.32 Å². The van der Waals surface area contributed by atoms with Gasteiger partial charge in [-0.15, -0.1) is 0 Å². The molecule has 0 aromatic heterocycles. The highest BCUT2D eigenvalue weighted by Gasteiger charge is 2.27.